The summed E-state index contributed by atoms with van der Waals surface area (Å²) in [7, 11) is -3.79. The van der Waals surface area contributed by atoms with Gasteiger partial charge in [-0.15, -0.1) is 0 Å². The van der Waals surface area contributed by atoms with Crippen LogP contribution in [0.2, 0.25) is 10.0 Å². The monoisotopic (exact) mass is 541 g/mol. The van der Waals surface area contributed by atoms with Crippen LogP contribution in [-0.2, 0) is 26.2 Å². The van der Waals surface area contributed by atoms with Gasteiger partial charge in [-0.05, 0) is 44.0 Å². The van der Waals surface area contributed by atoms with Gasteiger partial charge in [-0.2, -0.15) is 0 Å². The molecule has 2 rings (SSSR count). The van der Waals surface area contributed by atoms with Crippen LogP contribution in [0.3, 0.4) is 0 Å². The number of carbonyl (C=O) groups is 2. The van der Waals surface area contributed by atoms with Crippen LogP contribution >= 0.6 is 23.2 Å². The normalized spacial score (nSPS) is 12.2. The Morgan fingerprint density at radius 1 is 1.03 bits per heavy atom. The van der Waals surface area contributed by atoms with Gasteiger partial charge in [0.15, 0.2) is 0 Å². The van der Waals surface area contributed by atoms with Crippen molar-refractivity contribution in [2.75, 3.05) is 23.7 Å². The molecule has 0 bridgehead atoms. The Morgan fingerprint density at radius 2 is 1.63 bits per heavy atom. The lowest BCUT2D eigenvalue weighted by Crippen LogP contribution is -2.52. The van der Waals surface area contributed by atoms with E-state index < -0.39 is 28.5 Å². The van der Waals surface area contributed by atoms with E-state index in [1.165, 1.54) is 4.90 Å². The fraction of sp³-hybridized carbons (Fsp3) is 0.440. The van der Waals surface area contributed by atoms with Gasteiger partial charge in [0.2, 0.25) is 21.8 Å². The molecule has 0 aliphatic rings. The van der Waals surface area contributed by atoms with Gasteiger partial charge in [0, 0.05) is 28.7 Å². The Morgan fingerprint density at radius 3 is 2.14 bits per heavy atom. The number of hydrogen-bond donors (Lipinski definition) is 1. The summed E-state index contributed by atoms with van der Waals surface area (Å²) in [6.45, 7) is 5.68. The van der Waals surface area contributed by atoms with Crippen LogP contribution in [-0.4, -0.2) is 50.5 Å². The smallest absolute Gasteiger partial charge is 0.244 e. The number of carbonyl (C=O) groups excluding carboxylic acids is 2. The minimum absolute atomic E-state index is 0.0391. The topological polar surface area (TPSA) is 86.8 Å². The van der Waals surface area contributed by atoms with Crippen molar-refractivity contribution in [3.8, 4) is 0 Å². The number of rotatable bonds is 12. The molecule has 0 aliphatic heterocycles. The van der Waals surface area contributed by atoms with Crippen molar-refractivity contribution in [1.29, 1.82) is 0 Å². The van der Waals surface area contributed by atoms with Crippen LogP contribution < -0.4 is 9.62 Å². The lowest BCUT2D eigenvalue weighted by Gasteiger charge is -2.33. The number of aryl methyl sites for hydroxylation is 1. The first-order chi connectivity index (χ1) is 16.5. The molecular weight excluding hydrogens is 509 g/mol. The standard InChI is InChI=1S/C25H33Cl2N3O4S/c1-5-7-15-28-25(32)23(6-2)29(16-20-21(26)9-8-10-22(20)27)24(31)17-30(35(4,33)34)19-13-11-18(3)12-14-19/h8-14,23H,5-7,15-17H2,1-4H3,(H,28,32). The quantitative estimate of drug-likeness (QED) is 0.391. The van der Waals surface area contributed by atoms with Gasteiger partial charge >= 0.3 is 0 Å². The van der Waals surface area contributed by atoms with Gasteiger partial charge in [0.05, 0.1) is 11.9 Å². The van der Waals surface area contributed by atoms with E-state index in [9.17, 15) is 18.0 Å². The Kier molecular flexibility index (Phi) is 10.9. The van der Waals surface area contributed by atoms with E-state index in [2.05, 4.69) is 5.32 Å². The van der Waals surface area contributed by atoms with Crippen LogP contribution in [0, 0.1) is 6.92 Å². The molecule has 1 atom stereocenters. The van der Waals surface area contributed by atoms with E-state index in [1.807, 2.05) is 13.8 Å². The van der Waals surface area contributed by atoms with E-state index in [-0.39, 0.29) is 12.5 Å². The number of unbranched alkanes of at least 4 members (excludes halogenated alkanes) is 1. The SMILES string of the molecule is CCCCNC(=O)C(CC)N(Cc1c(Cl)cccc1Cl)C(=O)CN(c1ccc(C)cc1)S(C)(=O)=O. The molecule has 0 heterocycles. The van der Waals surface area contributed by atoms with Crippen molar-refractivity contribution in [2.45, 2.75) is 52.6 Å². The van der Waals surface area contributed by atoms with E-state index in [0.29, 0.717) is 34.3 Å². The van der Waals surface area contributed by atoms with Gasteiger partial charge in [0.25, 0.3) is 0 Å². The van der Waals surface area contributed by atoms with Crippen molar-refractivity contribution >= 4 is 50.7 Å². The second-order valence-electron chi connectivity index (χ2n) is 8.40. The predicted molar refractivity (Wildman–Crippen MR) is 142 cm³/mol. The number of amides is 2. The molecule has 192 valence electrons. The molecule has 0 radical (unpaired) electrons. The molecule has 0 fully saturated rings. The zero-order valence-electron chi connectivity index (χ0n) is 20.6. The van der Waals surface area contributed by atoms with Crippen molar-refractivity contribution in [2.24, 2.45) is 0 Å². The summed E-state index contributed by atoms with van der Waals surface area (Å²) in [4.78, 5) is 28.1. The second kappa shape index (κ2) is 13.1. The third kappa shape index (κ3) is 8.12. The van der Waals surface area contributed by atoms with E-state index in [0.717, 1.165) is 29.0 Å². The molecule has 0 saturated heterocycles. The molecule has 1 N–H and O–H groups in total. The summed E-state index contributed by atoms with van der Waals surface area (Å²) in [5, 5.41) is 3.59. The number of nitrogens with one attached hydrogen (secondary N) is 1. The molecule has 0 aliphatic carbocycles. The van der Waals surface area contributed by atoms with Crippen LogP contribution in [0.5, 0.6) is 0 Å². The van der Waals surface area contributed by atoms with Crippen molar-refractivity contribution in [3.05, 3.63) is 63.6 Å². The number of halogens is 2. The van der Waals surface area contributed by atoms with Crippen molar-refractivity contribution in [1.82, 2.24) is 10.2 Å². The molecule has 0 saturated carbocycles. The maximum absolute atomic E-state index is 13.7. The third-order valence-corrected chi connectivity index (χ3v) is 7.46. The molecule has 1 unspecified atom stereocenters. The summed E-state index contributed by atoms with van der Waals surface area (Å²) in [6, 6.07) is 11.0. The molecule has 2 aromatic rings. The fourth-order valence-corrected chi connectivity index (χ4v) is 4.97. The molecule has 10 heteroatoms. The summed E-state index contributed by atoms with van der Waals surface area (Å²) < 4.78 is 26.3. The van der Waals surface area contributed by atoms with Gasteiger partial charge in [0.1, 0.15) is 12.6 Å². The first-order valence-corrected chi connectivity index (χ1v) is 14.1. The summed E-state index contributed by atoms with van der Waals surface area (Å²) in [6.07, 6.45) is 3.09. The van der Waals surface area contributed by atoms with Crippen molar-refractivity contribution < 1.29 is 18.0 Å². The number of anilines is 1. The Labute approximate surface area is 218 Å². The highest BCUT2D eigenvalue weighted by atomic mass is 35.5. The number of benzene rings is 2. The number of nitrogens with zero attached hydrogens (tertiary/aromatic N) is 2. The fourth-order valence-electron chi connectivity index (χ4n) is 3.60. The zero-order chi connectivity index (χ0) is 26.2. The average molecular weight is 543 g/mol. The molecular formula is C25H33Cl2N3O4S. The molecule has 35 heavy (non-hydrogen) atoms. The molecule has 0 spiro atoms. The van der Waals surface area contributed by atoms with Crippen LogP contribution in [0.15, 0.2) is 42.5 Å². The number of hydrogen-bond acceptors (Lipinski definition) is 4. The lowest BCUT2D eigenvalue weighted by molar-refractivity contribution is -0.140. The van der Waals surface area contributed by atoms with Crippen LogP contribution in [0.25, 0.3) is 0 Å². The first-order valence-electron chi connectivity index (χ1n) is 11.5. The summed E-state index contributed by atoms with van der Waals surface area (Å²) in [5.74, 6) is -0.844. The largest absolute Gasteiger partial charge is 0.354 e. The lowest BCUT2D eigenvalue weighted by atomic mass is 10.1. The molecule has 0 aromatic heterocycles. The predicted octanol–water partition coefficient (Wildman–Crippen LogP) is 4.79. The maximum Gasteiger partial charge on any atom is 0.244 e. The second-order valence-corrected chi connectivity index (χ2v) is 11.1. The maximum atomic E-state index is 13.7. The molecule has 2 amide bonds. The van der Waals surface area contributed by atoms with E-state index in [4.69, 9.17) is 23.2 Å². The van der Waals surface area contributed by atoms with Gasteiger partial charge in [-0.25, -0.2) is 8.42 Å². The van der Waals surface area contributed by atoms with Crippen LogP contribution in [0.1, 0.15) is 44.2 Å². The zero-order valence-corrected chi connectivity index (χ0v) is 22.9. The van der Waals surface area contributed by atoms with E-state index in [1.54, 1.807) is 49.4 Å². The average Bonchev–Trinajstić information content (AvgIpc) is 2.79. The van der Waals surface area contributed by atoms with Crippen LogP contribution in [0.4, 0.5) is 5.69 Å². The summed E-state index contributed by atoms with van der Waals surface area (Å²) in [5.41, 5.74) is 1.81. The summed E-state index contributed by atoms with van der Waals surface area (Å²) >= 11 is 12.7. The van der Waals surface area contributed by atoms with Gasteiger partial charge < -0.3 is 10.2 Å². The Hall–Kier alpha value is -2.29. The number of sulfonamides is 1. The Bertz CT molecular complexity index is 1100. The minimum Gasteiger partial charge on any atom is -0.354 e. The van der Waals surface area contributed by atoms with Crippen molar-refractivity contribution in [3.63, 3.8) is 0 Å². The highest BCUT2D eigenvalue weighted by Gasteiger charge is 2.32. The Balaban J connectivity index is 2.45. The first kappa shape index (κ1) is 28.9. The molecule has 2 aromatic carbocycles. The molecule has 7 nitrogen and oxygen atoms in total. The van der Waals surface area contributed by atoms with E-state index >= 15 is 0 Å². The van der Waals surface area contributed by atoms with Gasteiger partial charge in [-0.1, -0.05) is 67.2 Å². The highest BCUT2D eigenvalue weighted by molar-refractivity contribution is 7.92. The third-order valence-electron chi connectivity index (χ3n) is 5.61. The van der Waals surface area contributed by atoms with Gasteiger partial charge in [-0.3, -0.25) is 13.9 Å². The highest BCUT2D eigenvalue weighted by Crippen LogP contribution is 2.27. The minimum atomic E-state index is -3.79.